The highest BCUT2D eigenvalue weighted by Gasteiger charge is 2.13. The molecule has 0 aromatic heterocycles. The highest BCUT2D eigenvalue weighted by atomic mass is 79.9. The molecule has 0 amide bonds. The van der Waals surface area contributed by atoms with E-state index in [2.05, 4.69) is 80.4 Å². The Kier molecular flexibility index (Phi) is 3.35. The molecule has 0 unspecified atom stereocenters. The number of halogens is 2. The van der Waals surface area contributed by atoms with Crippen molar-refractivity contribution in [3.63, 3.8) is 0 Å². The standard InChI is InChI=1S/C19H12Br2O/c1-22-19-16-5-3-2-4-11(16)8-13-9-12-10-14(20)6-7-15(12)18(21)17(13)19/h2-10H,1H3. The fraction of sp³-hybridized carbons (Fsp3) is 0.0526. The van der Waals surface area contributed by atoms with E-state index in [1.54, 1.807) is 7.11 Å². The van der Waals surface area contributed by atoms with E-state index >= 15 is 0 Å². The van der Waals surface area contributed by atoms with Gasteiger partial charge in [-0.2, -0.15) is 0 Å². The zero-order chi connectivity index (χ0) is 15.3. The summed E-state index contributed by atoms with van der Waals surface area (Å²) in [7, 11) is 1.74. The fourth-order valence-corrected chi connectivity index (χ4v) is 4.19. The third-order valence-corrected chi connectivity index (χ3v) is 5.33. The van der Waals surface area contributed by atoms with Crippen LogP contribution in [0.2, 0.25) is 0 Å². The van der Waals surface area contributed by atoms with Crippen LogP contribution < -0.4 is 4.74 Å². The van der Waals surface area contributed by atoms with Gasteiger partial charge in [-0.25, -0.2) is 0 Å². The number of benzene rings is 4. The van der Waals surface area contributed by atoms with Crippen molar-refractivity contribution in [2.45, 2.75) is 0 Å². The SMILES string of the molecule is COc1c2ccccc2cc2cc3cc(Br)ccc3c(Br)c12. The van der Waals surface area contributed by atoms with Crippen molar-refractivity contribution in [1.29, 1.82) is 0 Å². The number of ether oxygens (including phenoxy) is 1. The van der Waals surface area contributed by atoms with Gasteiger partial charge in [0.1, 0.15) is 5.75 Å². The van der Waals surface area contributed by atoms with Crippen LogP contribution in [0.1, 0.15) is 0 Å². The van der Waals surface area contributed by atoms with E-state index in [1.165, 1.54) is 21.5 Å². The molecule has 4 rings (SSSR count). The lowest BCUT2D eigenvalue weighted by molar-refractivity contribution is 0.424. The molecule has 0 bridgehead atoms. The van der Waals surface area contributed by atoms with Gasteiger partial charge in [-0.3, -0.25) is 0 Å². The van der Waals surface area contributed by atoms with Crippen LogP contribution in [0.3, 0.4) is 0 Å². The summed E-state index contributed by atoms with van der Waals surface area (Å²) in [4.78, 5) is 0. The van der Waals surface area contributed by atoms with Crippen LogP contribution in [-0.4, -0.2) is 7.11 Å². The molecule has 0 aliphatic rings. The van der Waals surface area contributed by atoms with Gasteiger partial charge in [-0.1, -0.05) is 46.3 Å². The average molecular weight is 416 g/mol. The zero-order valence-electron chi connectivity index (χ0n) is 11.9. The van der Waals surface area contributed by atoms with Gasteiger partial charge >= 0.3 is 0 Å². The third kappa shape index (κ3) is 2.03. The third-order valence-electron chi connectivity index (χ3n) is 4.02. The number of rotatable bonds is 1. The molecule has 0 N–H and O–H groups in total. The van der Waals surface area contributed by atoms with Crippen molar-refractivity contribution >= 4 is 64.2 Å². The number of fused-ring (bicyclic) bond motifs is 3. The molecule has 0 atom stereocenters. The molecule has 4 aromatic carbocycles. The summed E-state index contributed by atoms with van der Waals surface area (Å²) in [5.74, 6) is 0.921. The summed E-state index contributed by atoms with van der Waals surface area (Å²) in [6.07, 6.45) is 0. The van der Waals surface area contributed by atoms with Gasteiger partial charge in [0.25, 0.3) is 0 Å². The molecule has 0 aliphatic heterocycles. The summed E-state index contributed by atoms with van der Waals surface area (Å²) in [5, 5.41) is 7.00. The molecule has 1 nitrogen and oxygen atoms in total. The maximum atomic E-state index is 5.75. The normalized spacial score (nSPS) is 11.4. The zero-order valence-corrected chi connectivity index (χ0v) is 15.0. The minimum atomic E-state index is 0.921. The van der Waals surface area contributed by atoms with Gasteiger partial charge < -0.3 is 4.74 Å². The van der Waals surface area contributed by atoms with Crippen LogP contribution in [0.4, 0.5) is 0 Å². The van der Waals surface area contributed by atoms with Gasteiger partial charge in [-0.05, 0) is 61.7 Å². The van der Waals surface area contributed by atoms with E-state index < -0.39 is 0 Å². The molecule has 0 aliphatic carbocycles. The smallest absolute Gasteiger partial charge is 0.135 e. The molecular weight excluding hydrogens is 404 g/mol. The van der Waals surface area contributed by atoms with Gasteiger partial charge in [0.2, 0.25) is 0 Å². The van der Waals surface area contributed by atoms with Crippen LogP contribution in [0, 0.1) is 0 Å². The Bertz CT molecular complexity index is 1040. The van der Waals surface area contributed by atoms with E-state index in [9.17, 15) is 0 Å². The molecule has 0 saturated carbocycles. The van der Waals surface area contributed by atoms with Crippen molar-refractivity contribution in [2.24, 2.45) is 0 Å². The molecule has 0 heterocycles. The topological polar surface area (TPSA) is 9.23 Å². The van der Waals surface area contributed by atoms with Crippen molar-refractivity contribution in [3.05, 3.63) is 63.5 Å². The molecule has 22 heavy (non-hydrogen) atoms. The maximum Gasteiger partial charge on any atom is 0.135 e. The fourth-order valence-electron chi connectivity index (χ4n) is 3.04. The second kappa shape index (κ2) is 5.25. The molecule has 0 radical (unpaired) electrons. The largest absolute Gasteiger partial charge is 0.495 e. The summed E-state index contributed by atoms with van der Waals surface area (Å²) in [6, 6.07) is 19.1. The lowest BCUT2D eigenvalue weighted by Gasteiger charge is -2.14. The molecule has 4 aromatic rings. The van der Waals surface area contributed by atoms with E-state index in [0.717, 1.165) is 25.5 Å². The van der Waals surface area contributed by atoms with E-state index in [1.807, 2.05) is 6.07 Å². The summed E-state index contributed by atoms with van der Waals surface area (Å²) >= 11 is 7.34. The molecule has 0 spiro atoms. The van der Waals surface area contributed by atoms with Crippen molar-refractivity contribution < 1.29 is 4.74 Å². The van der Waals surface area contributed by atoms with Crippen molar-refractivity contribution in [3.8, 4) is 5.75 Å². The van der Waals surface area contributed by atoms with Crippen LogP contribution in [0.15, 0.2) is 63.5 Å². The Morgan fingerprint density at radius 3 is 2.36 bits per heavy atom. The van der Waals surface area contributed by atoms with Crippen LogP contribution in [0.25, 0.3) is 32.3 Å². The number of hydrogen-bond donors (Lipinski definition) is 0. The summed E-state index contributed by atoms with van der Waals surface area (Å²) < 4.78 is 7.92. The van der Waals surface area contributed by atoms with Crippen LogP contribution in [-0.2, 0) is 0 Å². The van der Waals surface area contributed by atoms with E-state index in [-0.39, 0.29) is 0 Å². The maximum absolute atomic E-state index is 5.75. The van der Waals surface area contributed by atoms with Gasteiger partial charge in [-0.15, -0.1) is 0 Å². The molecule has 0 saturated heterocycles. The lowest BCUT2D eigenvalue weighted by Crippen LogP contribution is -1.90. The monoisotopic (exact) mass is 414 g/mol. The minimum Gasteiger partial charge on any atom is -0.495 e. The Hall–Kier alpha value is -1.58. The van der Waals surface area contributed by atoms with Crippen LogP contribution in [0.5, 0.6) is 5.75 Å². The number of methoxy groups -OCH3 is 1. The minimum absolute atomic E-state index is 0.921. The number of hydrogen-bond acceptors (Lipinski definition) is 1. The Morgan fingerprint density at radius 2 is 1.55 bits per heavy atom. The van der Waals surface area contributed by atoms with Gasteiger partial charge in [0.05, 0.1) is 7.11 Å². The first kappa shape index (κ1) is 14.0. The Labute approximate surface area is 145 Å². The van der Waals surface area contributed by atoms with E-state index in [4.69, 9.17) is 4.74 Å². The van der Waals surface area contributed by atoms with Gasteiger partial charge in [0, 0.05) is 19.7 Å². The molecule has 108 valence electrons. The second-order valence-electron chi connectivity index (χ2n) is 5.29. The lowest BCUT2D eigenvalue weighted by atomic mass is 9.98. The first-order valence-corrected chi connectivity index (χ1v) is 8.55. The van der Waals surface area contributed by atoms with Crippen LogP contribution >= 0.6 is 31.9 Å². The van der Waals surface area contributed by atoms with Crippen molar-refractivity contribution in [1.82, 2.24) is 0 Å². The predicted molar refractivity (Wildman–Crippen MR) is 101 cm³/mol. The molecular formula is C19H12Br2O. The predicted octanol–water partition coefficient (Wildman–Crippen LogP) is 6.68. The Balaban J connectivity index is 2.28. The summed E-state index contributed by atoms with van der Waals surface area (Å²) in [5.41, 5.74) is 0. The van der Waals surface area contributed by atoms with Crippen molar-refractivity contribution in [2.75, 3.05) is 7.11 Å². The molecule has 3 heteroatoms. The summed E-state index contributed by atoms with van der Waals surface area (Å²) in [6.45, 7) is 0. The average Bonchev–Trinajstić information content (AvgIpc) is 2.52. The second-order valence-corrected chi connectivity index (χ2v) is 6.99. The molecule has 0 fully saturated rings. The highest BCUT2D eigenvalue weighted by Crippen LogP contribution is 2.42. The Morgan fingerprint density at radius 1 is 0.773 bits per heavy atom. The first-order chi connectivity index (χ1) is 10.7. The highest BCUT2D eigenvalue weighted by molar-refractivity contribution is 9.11. The first-order valence-electron chi connectivity index (χ1n) is 6.96. The van der Waals surface area contributed by atoms with E-state index in [0.29, 0.717) is 0 Å². The van der Waals surface area contributed by atoms with Gasteiger partial charge in [0.15, 0.2) is 0 Å². The quantitative estimate of drug-likeness (QED) is 0.315.